The molecule has 136 valence electrons. The number of aromatic nitrogens is 1. The first-order valence-corrected chi connectivity index (χ1v) is 9.46. The van der Waals surface area contributed by atoms with Gasteiger partial charge in [0.1, 0.15) is 0 Å². The average Bonchev–Trinajstić information content (AvgIpc) is 3.11. The third-order valence-corrected chi connectivity index (χ3v) is 5.30. The summed E-state index contributed by atoms with van der Waals surface area (Å²) >= 11 is 0. The van der Waals surface area contributed by atoms with Crippen molar-refractivity contribution in [1.29, 1.82) is 0 Å². The Morgan fingerprint density at radius 2 is 1.88 bits per heavy atom. The highest BCUT2D eigenvalue weighted by atomic mass is 16.2. The van der Waals surface area contributed by atoms with Crippen molar-refractivity contribution in [3.63, 3.8) is 0 Å². The van der Waals surface area contributed by atoms with Gasteiger partial charge in [-0.1, -0.05) is 32.1 Å². The number of amides is 3. The zero-order chi connectivity index (χ0) is 17.5. The van der Waals surface area contributed by atoms with Crippen LogP contribution in [0.3, 0.4) is 0 Å². The Morgan fingerprint density at radius 1 is 1.12 bits per heavy atom. The largest absolute Gasteiger partial charge is 0.338 e. The summed E-state index contributed by atoms with van der Waals surface area (Å²) in [5.74, 6) is 0.776. The molecule has 1 aromatic rings. The quantitative estimate of drug-likeness (QED) is 0.862. The lowest BCUT2D eigenvalue weighted by molar-refractivity contribution is 0.0789. The zero-order valence-corrected chi connectivity index (χ0v) is 14.7. The SMILES string of the molecule is O=C(NCCC1CCCCC1)N[C@@H]1CCN(C(=O)c2ccncc2)C1. The third kappa shape index (κ3) is 5.18. The van der Waals surface area contributed by atoms with Gasteiger partial charge >= 0.3 is 6.03 Å². The van der Waals surface area contributed by atoms with Gasteiger partial charge in [-0.3, -0.25) is 9.78 Å². The Hall–Kier alpha value is -2.11. The van der Waals surface area contributed by atoms with Gasteiger partial charge in [0, 0.05) is 43.6 Å². The van der Waals surface area contributed by atoms with Crippen LogP contribution in [0.1, 0.15) is 55.3 Å². The smallest absolute Gasteiger partial charge is 0.315 e. The van der Waals surface area contributed by atoms with Crippen LogP contribution in [0, 0.1) is 5.92 Å². The maximum absolute atomic E-state index is 12.4. The molecule has 1 saturated heterocycles. The van der Waals surface area contributed by atoms with Gasteiger partial charge in [0.2, 0.25) is 0 Å². The molecule has 3 rings (SSSR count). The van der Waals surface area contributed by atoms with E-state index in [-0.39, 0.29) is 18.0 Å². The van der Waals surface area contributed by atoms with E-state index in [1.54, 1.807) is 29.4 Å². The first-order valence-electron chi connectivity index (χ1n) is 9.46. The molecule has 1 saturated carbocycles. The summed E-state index contributed by atoms with van der Waals surface area (Å²) in [5, 5.41) is 5.97. The molecule has 0 spiro atoms. The summed E-state index contributed by atoms with van der Waals surface area (Å²) in [5.41, 5.74) is 0.646. The van der Waals surface area contributed by atoms with Gasteiger partial charge in [-0.2, -0.15) is 0 Å². The Bertz CT molecular complexity index is 572. The molecule has 0 aromatic carbocycles. The zero-order valence-electron chi connectivity index (χ0n) is 14.7. The van der Waals surface area contributed by atoms with Crippen molar-refractivity contribution in [3.05, 3.63) is 30.1 Å². The van der Waals surface area contributed by atoms with Crippen molar-refractivity contribution >= 4 is 11.9 Å². The van der Waals surface area contributed by atoms with Crippen LogP contribution < -0.4 is 10.6 Å². The topological polar surface area (TPSA) is 74.3 Å². The number of nitrogens with one attached hydrogen (secondary N) is 2. The first kappa shape index (κ1) is 17.7. The van der Waals surface area contributed by atoms with E-state index in [2.05, 4.69) is 15.6 Å². The van der Waals surface area contributed by atoms with Crippen LogP contribution in [0.4, 0.5) is 4.79 Å². The normalized spacial score (nSPS) is 21.1. The number of nitrogens with zero attached hydrogens (tertiary/aromatic N) is 2. The molecule has 2 fully saturated rings. The van der Waals surface area contributed by atoms with E-state index in [1.165, 1.54) is 32.1 Å². The molecule has 6 heteroatoms. The van der Waals surface area contributed by atoms with E-state index in [1.807, 2.05) is 0 Å². The fourth-order valence-electron chi connectivity index (χ4n) is 3.84. The standard InChI is InChI=1S/C19H28N4O2/c24-18(16-7-10-20-11-8-16)23-13-9-17(14-23)22-19(25)21-12-6-15-4-2-1-3-5-15/h7-8,10-11,15,17H,1-6,9,12-14H2,(H2,21,22,25)/t17-/m1/s1. The van der Waals surface area contributed by atoms with E-state index in [0.717, 1.165) is 25.3 Å². The molecule has 2 aliphatic rings. The fourth-order valence-corrected chi connectivity index (χ4v) is 3.84. The van der Waals surface area contributed by atoms with Crippen LogP contribution in [0.15, 0.2) is 24.5 Å². The number of hydrogen-bond donors (Lipinski definition) is 2. The van der Waals surface area contributed by atoms with Crippen LogP contribution in [-0.2, 0) is 0 Å². The van der Waals surface area contributed by atoms with Gasteiger partial charge < -0.3 is 15.5 Å². The predicted molar refractivity (Wildman–Crippen MR) is 96.3 cm³/mol. The second-order valence-electron chi connectivity index (χ2n) is 7.17. The maximum Gasteiger partial charge on any atom is 0.315 e. The lowest BCUT2D eigenvalue weighted by atomic mass is 9.87. The summed E-state index contributed by atoms with van der Waals surface area (Å²) in [6, 6.07) is 3.36. The van der Waals surface area contributed by atoms with Gasteiger partial charge in [-0.25, -0.2) is 4.79 Å². The van der Waals surface area contributed by atoms with E-state index in [4.69, 9.17) is 0 Å². The molecule has 1 aliphatic carbocycles. The molecule has 6 nitrogen and oxygen atoms in total. The molecular weight excluding hydrogens is 316 g/mol. The average molecular weight is 344 g/mol. The molecule has 3 amide bonds. The summed E-state index contributed by atoms with van der Waals surface area (Å²) in [7, 11) is 0. The Kier molecular flexibility index (Phi) is 6.25. The highest BCUT2D eigenvalue weighted by molar-refractivity contribution is 5.94. The van der Waals surface area contributed by atoms with Crippen LogP contribution in [0.25, 0.3) is 0 Å². The number of urea groups is 1. The summed E-state index contributed by atoms with van der Waals surface area (Å²) < 4.78 is 0. The predicted octanol–water partition coefficient (Wildman–Crippen LogP) is 2.57. The van der Waals surface area contributed by atoms with Crippen LogP contribution in [-0.4, -0.2) is 47.5 Å². The minimum atomic E-state index is -0.112. The Balaban J connectivity index is 1.36. The number of pyridine rings is 1. The molecule has 2 N–H and O–H groups in total. The van der Waals surface area contributed by atoms with Crippen molar-refractivity contribution in [2.45, 2.75) is 51.0 Å². The van der Waals surface area contributed by atoms with Crippen LogP contribution in [0.2, 0.25) is 0 Å². The third-order valence-electron chi connectivity index (χ3n) is 5.30. The van der Waals surface area contributed by atoms with E-state index in [9.17, 15) is 9.59 Å². The fraction of sp³-hybridized carbons (Fsp3) is 0.632. The maximum atomic E-state index is 12.4. The molecule has 0 radical (unpaired) electrons. The van der Waals surface area contributed by atoms with Crippen molar-refractivity contribution < 1.29 is 9.59 Å². The number of carbonyl (C=O) groups is 2. The van der Waals surface area contributed by atoms with Gasteiger partial charge in [0.05, 0.1) is 0 Å². The first-order chi connectivity index (χ1) is 12.2. The summed E-state index contributed by atoms with van der Waals surface area (Å²) in [6.07, 6.45) is 11.8. The highest BCUT2D eigenvalue weighted by Crippen LogP contribution is 2.25. The van der Waals surface area contributed by atoms with Crippen molar-refractivity contribution in [2.75, 3.05) is 19.6 Å². The monoisotopic (exact) mass is 344 g/mol. The van der Waals surface area contributed by atoms with Crippen molar-refractivity contribution in [2.24, 2.45) is 5.92 Å². The molecule has 2 heterocycles. The second-order valence-corrected chi connectivity index (χ2v) is 7.17. The Labute approximate surface area is 149 Å². The van der Waals surface area contributed by atoms with Gasteiger partial charge in [-0.05, 0) is 30.9 Å². The molecule has 1 aliphatic heterocycles. The number of hydrogen-bond acceptors (Lipinski definition) is 3. The summed E-state index contributed by atoms with van der Waals surface area (Å²) in [4.78, 5) is 30.2. The van der Waals surface area contributed by atoms with E-state index < -0.39 is 0 Å². The second kappa shape index (κ2) is 8.83. The van der Waals surface area contributed by atoms with Gasteiger partial charge in [-0.15, -0.1) is 0 Å². The summed E-state index contributed by atoms with van der Waals surface area (Å²) in [6.45, 7) is 1.98. The molecule has 0 bridgehead atoms. The van der Waals surface area contributed by atoms with Crippen molar-refractivity contribution in [3.8, 4) is 0 Å². The Morgan fingerprint density at radius 3 is 2.64 bits per heavy atom. The van der Waals surface area contributed by atoms with Crippen LogP contribution >= 0.6 is 0 Å². The lowest BCUT2D eigenvalue weighted by Gasteiger charge is -2.22. The lowest BCUT2D eigenvalue weighted by Crippen LogP contribution is -2.44. The van der Waals surface area contributed by atoms with Gasteiger partial charge in [0.25, 0.3) is 5.91 Å². The molecule has 1 atom stereocenters. The minimum absolute atomic E-state index is 0.00408. The van der Waals surface area contributed by atoms with E-state index >= 15 is 0 Å². The van der Waals surface area contributed by atoms with Gasteiger partial charge in [0.15, 0.2) is 0 Å². The molecular formula is C19H28N4O2. The number of likely N-dealkylation sites (tertiary alicyclic amines) is 1. The van der Waals surface area contributed by atoms with E-state index in [0.29, 0.717) is 18.7 Å². The number of rotatable bonds is 5. The highest BCUT2D eigenvalue weighted by Gasteiger charge is 2.27. The van der Waals surface area contributed by atoms with Crippen molar-refractivity contribution in [1.82, 2.24) is 20.5 Å². The molecule has 25 heavy (non-hydrogen) atoms. The molecule has 0 unspecified atom stereocenters. The van der Waals surface area contributed by atoms with Crippen LogP contribution in [0.5, 0.6) is 0 Å². The minimum Gasteiger partial charge on any atom is -0.338 e. The number of carbonyl (C=O) groups excluding carboxylic acids is 2. The molecule has 1 aromatic heterocycles.